The van der Waals surface area contributed by atoms with Crippen molar-refractivity contribution in [3.8, 4) is 23.0 Å². The second-order valence-electron chi connectivity index (χ2n) is 8.16. The van der Waals surface area contributed by atoms with Crippen LogP contribution < -0.4 is 103 Å². The van der Waals surface area contributed by atoms with Gasteiger partial charge >= 0.3 is 59.1 Å². The minimum absolute atomic E-state index is 0. The molecule has 15 nitrogen and oxygen atoms in total. The molecule has 4 rings (SSSR count). The van der Waals surface area contributed by atoms with Crippen LogP contribution in [0.25, 0.3) is 0 Å². The molecule has 42 heavy (non-hydrogen) atoms. The Morgan fingerprint density at radius 3 is 2.40 bits per heavy atom. The Labute approximate surface area is 299 Å². The third-order valence-corrected chi connectivity index (χ3v) is 5.44. The van der Waals surface area contributed by atoms with E-state index >= 15 is 0 Å². The van der Waals surface area contributed by atoms with Crippen molar-refractivity contribution in [3.05, 3.63) is 36.2 Å². The number of methoxy groups -OCH3 is 3. The summed E-state index contributed by atoms with van der Waals surface area (Å²) in [5, 5.41) is 4.82. The van der Waals surface area contributed by atoms with Crippen LogP contribution in [0.15, 0.2) is 30.4 Å². The normalized spacial score (nSPS) is 18.3. The van der Waals surface area contributed by atoms with Gasteiger partial charge in [0.05, 0.1) is 50.2 Å². The molecule has 214 valence electrons. The van der Waals surface area contributed by atoms with Gasteiger partial charge in [0, 0.05) is 17.8 Å². The summed E-state index contributed by atoms with van der Waals surface area (Å²) in [5.74, 6) is -7.64. The zero-order chi connectivity index (χ0) is 38.5. The number of ether oxygens (including phenoxy) is 4. The van der Waals surface area contributed by atoms with Crippen LogP contribution in [0.2, 0.25) is 0 Å². The number of phosphoric ester groups is 1. The van der Waals surface area contributed by atoms with Crippen LogP contribution in [0.5, 0.6) is 23.0 Å². The number of fused-ring (bicyclic) bond motifs is 1. The standard InChI is InChI=1S/C23H26FN6O9P.2Na/c1-23(2)21(31)30(11-38-40(32,33)34)20-14(39-23)6-7-17(28-20)27-19-13(24)10-25-22(29-19)26-12-8-15(35-3)18(37-5)16(9-12)36-4;;/h6-10H,11H2,1-5H3,(H2,32,33,34)(H2,25,26,27,28,29);;/q;2*+1/p-2/i3D3,4D3,5D3,6D,7D;;. The average Bonchev–Trinajstić information content (AvgIpc) is 2.93. The number of anilines is 5. The van der Waals surface area contributed by atoms with Gasteiger partial charge in [-0.05, 0) is 25.9 Å². The second kappa shape index (κ2) is 14.5. The van der Waals surface area contributed by atoms with Crippen molar-refractivity contribution in [2.24, 2.45) is 0 Å². The number of hydrogen-bond donors (Lipinski definition) is 2. The number of phosphoric acid groups is 1. The number of amides is 1. The van der Waals surface area contributed by atoms with Crippen LogP contribution >= 0.6 is 7.82 Å². The van der Waals surface area contributed by atoms with E-state index in [-0.39, 0.29) is 64.8 Å². The molecule has 2 N–H and O–H groups in total. The predicted molar refractivity (Wildman–Crippen MR) is 135 cm³/mol. The third-order valence-electron chi connectivity index (χ3n) is 5.01. The molecule has 3 aromatic rings. The molecule has 0 saturated heterocycles. The first-order valence-corrected chi connectivity index (χ1v) is 12.1. The van der Waals surface area contributed by atoms with Gasteiger partial charge in [0.25, 0.3) is 5.91 Å². The van der Waals surface area contributed by atoms with E-state index in [0.717, 1.165) is 12.1 Å². The Kier molecular flexibility index (Phi) is 7.69. The fourth-order valence-electron chi connectivity index (χ4n) is 3.30. The number of aromatic nitrogens is 3. The first kappa shape index (κ1) is 22.3. The summed E-state index contributed by atoms with van der Waals surface area (Å²) >= 11 is 0. The Bertz CT molecular complexity index is 1870. The molecule has 1 amide bonds. The summed E-state index contributed by atoms with van der Waals surface area (Å²) < 4.78 is 134. The minimum atomic E-state index is -5.62. The van der Waals surface area contributed by atoms with Crippen LogP contribution in [-0.4, -0.2) is 54.3 Å². The Balaban J connectivity index is 0.00000486. The molecule has 0 atom stereocenters. The summed E-state index contributed by atoms with van der Waals surface area (Å²) in [5.41, 5.74) is -2.03. The van der Waals surface area contributed by atoms with Gasteiger partial charge in [-0.25, -0.2) is 14.4 Å². The van der Waals surface area contributed by atoms with Crippen molar-refractivity contribution in [1.29, 1.82) is 0 Å². The van der Waals surface area contributed by atoms with Gasteiger partial charge in [-0.2, -0.15) is 4.98 Å². The molecule has 1 aromatic carbocycles. The molecular formula is C23H24FN6Na2O9P. The van der Waals surface area contributed by atoms with E-state index in [1.165, 1.54) is 13.8 Å². The molecule has 0 radical (unpaired) electrons. The van der Waals surface area contributed by atoms with Gasteiger partial charge in [-0.3, -0.25) is 9.69 Å². The molecule has 0 spiro atoms. The average molecular weight is 635 g/mol. The maximum Gasteiger partial charge on any atom is 1.00 e. The van der Waals surface area contributed by atoms with Gasteiger partial charge in [-0.15, -0.1) is 0 Å². The summed E-state index contributed by atoms with van der Waals surface area (Å²) in [7, 11) is -15.3. The SMILES string of the molecule is [2H]c1c(Nc2nc(Nc3cc(OC([2H])([2H])[2H])c(OC([2H])([2H])[2H])c(OC([2H])([2H])[2H])c3)ncc2F)nc2c(c1[2H])OC(C)(C)C(=O)N2COP(=O)([O-])[O-].[Na+].[Na+]. The molecule has 1 aliphatic heterocycles. The van der Waals surface area contributed by atoms with Crippen LogP contribution in [0.4, 0.5) is 33.5 Å². The topological polar surface area (TPSA) is 192 Å². The summed E-state index contributed by atoms with van der Waals surface area (Å²) in [6.45, 7) is 1.33. The van der Waals surface area contributed by atoms with Crippen LogP contribution in [-0.2, 0) is 13.9 Å². The minimum Gasteiger partial charge on any atom is -0.790 e. The quantitative estimate of drug-likeness (QED) is 0.161. The Morgan fingerprint density at radius 2 is 1.79 bits per heavy atom. The molecule has 2 aromatic heterocycles. The smallest absolute Gasteiger partial charge is 0.790 e. The van der Waals surface area contributed by atoms with Crippen molar-refractivity contribution in [3.63, 3.8) is 0 Å². The number of carbonyl (C=O) groups excluding carboxylic acids is 1. The second-order valence-corrected chi connectivity index (χ2v) is 9.31. The molecule has 0 bridgehead atoms. The van der Waals surface area contributed by atoms with Gasteiger partial charge in [0.15, 0.2) is 40.3 Å². The Morgan fingerprint density at radius 1 is 1.12 bits per heavy atom. The van der Waals surface area contributed by atoms with Crippen molar-refractivity contribution in [2.45, 2.75) is 19.4 Å². The molecule has 0 fully saturated rings. The van der Waals surface area contributed by atoms with Gasteiger partial charge in [0.1, 0.15) is 12.5 Å². The number of nitrogens with zero attached hydrogens (tertiary/aromatic N) is 4. The molecule has 0 saturated carbocycles. The first-order chi connectivity index (χ1) is 23.1. The maximum absolute atomic E-state index is 15.0. The summed E-state index contributed by atoms with van der Waals surface area (Å²) in [6, 6.07) is 0.276. The maximum atomic E-state index is 15.0. The van der Waals surface area contributed by atoms with E-state index < -0.39 is 111 Å². The molecule has 19 heteroatoms. The van der Waals surface area contributed by atoms with Gasteiger partial charge in [0.2, 0.25) is 11.7 Å². The number of carbonyl (C=O) groups is 1. The monoisotopic (exact) mass is 635 g/mol. The summed E-state index contributed by atoms with van der Waals surface area (Å²) in [6.07, 6.45) is 0.600. The van der Waals surface area contributed by atoms with Crippen molar-refractivity contribution in [2.75, 3.05) is 43.4 Å². The van der Waals surface area contributed by atoms with E-state index in [9.17, 15) is 23.5 Å². The van der Waals surface area contributed by atoms with Crippen molar-refractivity contribution < 1.29 is 121 Å². The van der Waals surface area contributed by atoms with E-state index in [0.29, 0.717) is 11.1 Å². The van der Waals surface area contributed by atoms with Gasteiger partial charge in [-0.1, -0.05) is 0 Å². The van der Waals surface area contributed by atoms with E-state index in [1.807, 2.05) is 0 Å². The fourth-order valence-corrected chi connectivity index (χ4v) is 3.55. The van der Waals surface area contributed by atoms with Crippen molar-refractivity contribution >= 4 is 42.8 Å². The molecule has 1 aliphatic rings. The largest absolute Gasteiger partial charge is 1.00 e. The number of hydrogen-bond acceptors (Lipinski definition) is 14. The van der Waals surface area contributed by atoms with Gasteiger partial charge < -0.3 is 48.5 Å². The third kappa shape index (κ3) is 8.23. The molecule has 0 aliphatic carbocycles. The number of benzene rings is 1. The fraction of sp³-hybridized carbons (Fsp3) is 0.304. The first-order valence-electron chi connectivity index (χ1n) is 16.1. The van der Waals surface area contributed by atoms with Crippen LogP contribution in [0.1, 0.15) is 28.9 Å². The zero-order valence-electron chi connectivity index (χ0n) is 33.2. The molecule has 3 heterocycles. The molecular weight excluding hydrogens is 600 g/mol. The number of halogens is 1. The van der Waals surface area contributed by atoms with Crippen molar-refractivity contribution in [1.82, 2.24) is 15.0 Å². The van der Waals surface area contributed by atoms with E-state index in [1.54, 1.807) is 0 Å². The Hall–Kier alpha value is -2.24. The summed E-state index contributed by atoms with van der Waals surface area (Å²) in [4.78, 5) is 47.5. The van der Waals surface area contributed by atoms with E-state index in [4.69, 9.17) is 34.0 Å². The number of rotatable bonds is 10. The van der Waals surface area contributed by atoms with Crippen LogP contribution in [0, 0.1) is 5.82 Å². The van der Waals surface area contributed by atoms with E-state index in [2.05, 4.69) is 30.1 Å². The molecule has 0 unspecified atom stereocenters. The predicted octanol–water partition coefficient (Wildman–Crippen LogP) is -4.16. The zero-order valence-corrected chi connectivity index (χ0v) is 27.1. The van der Waals surface area contributed by atoms with Crippen LogP contribution in [0.3, 0.4) is 0 Å². The number of nitrogens with one attached hydrogen (secondary N) is 2. The number of pyridine rings is 1.